The Balaban J connectivity index is 2.92. The maximum absolute atomic E-state index is 12.5. The second kappa shape index (κ2) is 5.88. The van der Waals surface area contributed by atoms with Gasteiger partial charge in [0.15, 0.2) is 5.78 Å². The first kappa shape index (κ1) is 15.2. The van der Waals surface area contributed by atoms with E-state index in [0.717, 1.165) is 24.3 Å². The maximum Gasteiger partial charge on any atom is 0.417 e. The summed E-state index contributed by atoms with van der Waals surface area (Å²) in [7, 11) is 0. The zero-order valence-electron chi connectivity index (χ0n) is 9.62. The lowest BCUT2D eigenvalue weighted by atomic mass is 10.2. The van der Waals surface area contributed by atoms with E-state index in [1.807, 2.05) is 0 Å². The Bertz CT molecular complexity index is 536. The van der Waals surface area contributed by atoms with Crippen LogP contribution in [0.4, 0.5) is 13.2 Å². The molecule has 0 atom stereocenters. The number of rotatable bonds is 3. The molecule has 1 rings (SSSR count). The molecule has 0 saturated heterocycles. The Labute approximate surface area is 111 Å². The number of hydrogen-bond donors (Lipinski definition) is 0. The van der Waals surface area contributed by atoms with Gasteiger partial charge in [0.2, 0.25) is 0 Å². The number of benzene rings is 1. The summed E-state index contributed by atoms with van der Waals surface area (Å²) >= 11 is 5.40. The third kappa shape index (κ3) is 4.75. The molecule has 0 aliphatic heterocycles. The number of halogens is 4. The Morgan fingerprint density at radius 3 is 2.42 bits per heavy atom. The van der Waals surface area contributed by atoms with Crippen LogP contribution in [-0.2, 0) is 15.8 Å². The van der Waals surface area contributed by atoms with Gasteiger partial charge < -0.3 is 4.74 Å². The average molecular weight is 293 g/mol. The molecule has 1 aromatic carbocycles. The van der Waals surface area contributed by atoms with Crippen LogP contribution in [0.15, 0.2) is 30.4 Å². The molecule has 0 aliphatic carbocycles. The Kier molecular flexibility index (Phi) is 4.72. The van der Waals surface area contributed by atoms with Gasteiger partial charge in [0.1, 0.15) is 5.75 Å². The Morgan fingerprint density at radius 1 is 1.26 bits per heavy atom. The maximum atomic E-state index is 12.5. The summed E-state index contributed by atoms with van der Waals surface area (Å²) in [6.45, 7) is 1.22. The molecule has 102 valence electrons. The van der Waals surface area contributed by atoms with Crippen molar-refractivity contribution in [2.24, 2.45) is 0 Å². The molecular formula is C12H8ClF3O3. The molecule has 0 heterocycles. The van der Waals surface area contributed by atoms with E-state index in [1.165, 1.54) is 6.92 Å². The molecule has 1 aromatic rings. The van der Waals surface area contributed by atoms with Crippen LogP contribution >= 0.6 is 11.6 Å². The fourth-order valence-electron chi connectivity index (χ4n) is 1.12. The first-order valence-corrected chi connectivity index (χ1v) is 5.35. The van der Waals surface area contributed by atoms with E-state index >= 15 is 0 Å². The highest BCUT2D eigenvalue weighted by Crippen LogP contribution is 2.36. The minimum Gasteiger partial charge on any atom is -0.423 e. The predicted molar refractivity (Wildman–Crippen MR) is 61.9 cm³/mol. The molecule has 0 radical (unpaired) electrons. The van der Waals surface area contributed by atoms with Crippen LogP contribution < -0.4 is 4.74 Å². The number of allylic oxidation sites excluding steroid dienone is 1. The highest BCUT2D eigenvalue weighted by Gasteiger charge is 2.33. The standard InChI is InChI=1S/C12H8ClF3O3/c1-7(17)2-5-11(18)19-8-3-4-10(13)9(6-8)12(14,15)16/h2-6H,1H3/b5-2+. The Morgan fingerprint density at radius 2 is 1.89 bits per heavy atom. The lowest BCUT2D eigenvalue weighted by molar-refractivity contribution is -0.138. The van der Waals surface area contributed by atoms with Gasteiger partial charge in [-0.3, -0.25) is 4.79 Å². The number of alkyl halides is 3. The van der Waals surface area contributed by atoms with Crippen LogP contribution in [0, 0.1) is 0 Å². The molecule has 0 amide bonds. The van der Waals surface area contributed by atoms with Gasteiger partial charge in [0.05, 0.1) is 10.6 Å². The van der Waals surface area contributed by atoms with Crippen molar-refractivity contribution in [3.8, 4) is 5.75 Å². The third-order valence-electron chi connectivity index (χ3n) is 1.92. The normalized spacial score (nSPS) is 11.6. The van der Waals surface area contributed by atoms with Crippen molar-refractivity contribution < 1.29 is 27.5 Å². The lowest BCUT2D eigenvalue weighted by Crippen LogP contribution is -2.08. The molecule has 0 aliphatic rings. The number of ether oxygens (including phenoxy) is 1. The molecule has 0 N–H and O–H groups in total. The summed E-state index contributed by atoms with van der Waals surface area (Å²) in [5.41, 5.74) is -1.10. The average Bonchev–Trinajstić information content (AvgIpc) is 2.27. The summed E-state index contributed by atoms with van der Waals surface area (Å²) in [5.74, 6) is -1.65. The molecule has 0 unspecified atom stereocenters. The van der Waals surface area contributed by atoms with Crippen LogP contribution in [-0.4, -0.2) is 11.8 Å². The number of carbonyl (C=O) groups excluding carboxylic acids is 2. The molecule has 0 fully saturated rings. The summed E-state index contributed by atoms with van der Waals surface area (Å²) in [4.78, 5) is 21.8. The van der Waals surface area contributed by atoms with E-state index in [4.69, 9.17) is 11.6 Å². The number of hydrogen-bond acceptors (Lipinski definition) is 3. The topological polar surface area (TPSA) is 43.4 Å². The first-order chi connectivity index (χ1) is 8.70. The van der Waals surface area contributed by atoms with E-state index in [9.17, 15) is 22.8 Å². The summed E-state index contributed by atoms with van der Waals surface area (Å²) < 4.78 is 42.2. The van der Waals surface area contributed by atoms with Gasteiger partial charge in [-0.2, -0.15) is 13.2 Å². The van der Waals surface area contributed by atoms with Crippen molar-refractivity contribution in [2.45, 2.75) is 13.1 Å². The molecule has 0 bridgehead atoms. The monoisotopic (exact) mass is 292 g/mol. The lowest BCUT2D eigenvalue weighted by Gasteiger charge is -2.10. The van der Waals surface area contributed by atoms with Crippen molar-refractivity contribution >= 4 is 23.4 Å². The number of ketones is 1. The number of esters is 1. The minimum absolute atomic E-state index is 0.310. The molecule has 3 nitrogen and oxygen atoms in total. The van der Waals surface area contributed by atoms with Crippen molar-refractivity contribution in [3.63, 3.8) is 0 Å². The second-order valence-electron chi connectivity index (χ2n) is 3.50. The largest absolute Gasteiger partial charge is 0.423 e. The van der Waals surface area contributed by atoms with Crippen molar-refractivity contribution in [1.29, 1.82) is 0 Å². The summed E-state index contributed by atoms with van der Waals surface area (Å²) in [6.07, 6.45) is -2.87. The van der Waals surface area contributed by atoms with Crippen LogP contribution in [0.3, 0.4) is 0 Å². The molecule has 0 saturated carbocycles. The van der Waals surface area contributed by atoms with Gasteiger partial charge in [-0.05, 0) is 31.2 Å². The zero-order chi connectivity index (χ0) is 14.6. The SMILES string of the molecule is CC(=O)/C=C/C(=O)Oc1ccc(Cl)c(C(F)(F)F)c1. The molecule has 7 heteroatoms. The van der Waals surface area contributed by atoms with Crippen LogP contribution in [0.2, 0.25) is 5.02 Å². The van der Waals surface area contributed by atoms with E-state index in [1.54, 1.807) is 0 Å². The minimum atomic E-state index is -4.64. The zero-order valence-corrected chi connectivity index (χ0v) is 10.4. The highest BCUT2D eigenvalue weighted by atomic mass is 35.5. The smallest absolute Gasteiger partial charge is 0.417 e. The third-order valence-corrected chi connectivity index (χ3v) is 2.25. The van der Waals surface area contributed by atoms with Crippen molar-refractivity contribution in [2.75, 3.05) is 0 Å². The number of carbonyl (C=O) groups is 2. The van der Waals surface area contributed by atoms with Gasteiger partial charge >= 0.3 is 12.1 Å². The first-order valence-electron chi connectivity index (χ1n) is 4.97. The quantitative estimate of drug-likeness (QED) is 0.487. The molecule has 19 heavy (non-hydrogen) atoms. The van der Waals surface area contributed by atoms with Crippen LogP contribution in [0.5, 0.6) is 5.75 Å². The van der Waals surface area contributed by atoms with E-state index in [2.05, 4.69) is 4.74 Å². The van der Waals surface area contributed by atoms with E-state index in [0.29, 0.717) is 6.07 Å². The summed E-state index contributed by atoms with van der Waals surface area (Å²) in [5, 5.41) is -0.494. The van der Waals surface area contributed by atoms with Crippen LogP contribution in [0.25, 0.3) is 0 Å². The fourth-order valence-corrected chi connectivity index (χ4v) is 1.35. The van der Waals surface area contributed by atoms with Gasteiger partial charge in [0.25, 0.3) is 0 Å². The van der Waals surface area contributed by atoms with Gasteiger partial charge in [-0.25, -0.2) is 4.79 Å². The van der Waals surface area contributed by atoms with E-state index in [-0.39, 0.29) is 11.5 Å². The van der Waals surface area contributed by atoms with Gasteiger partial charge in [0, 0.05) is 6.08 Å². The van der Waals surface area contributed by atoms with Crippen molar-refractivity contribution in [1.82, 2.24) is 0 Å². The summed E-state index contributed by atoms with van der Waals surface area (Å²) in [6, 6.07) is 2.71. The predicted octanol–water partition coefficient (Wildman–Crippen LogP) is 3.41. The van der Waals surface area contributed by atoms with E-state index < -0.39 is 22.7 Å². The molecular weight excluding hydrogens is 285 g/mol. The van der Waals surface area contributed by atoms with Gasteiger partial charge in [-0.1, -0.05) is 11.6 Å². The molecule has 0 aromatic heterocycles. The highest BCUT2D eigenvalue weighted by molar-refractivity contribution is 6.31. The fraction of sp³-hybridized carbons (Fsp3) is 0.167. The van der Waals surface area contributed by atoms with Gasteiger partial charge in [-0.15, -0.1) is 0 Å². The van der Waals surface area contributed by atoms with Crippen LogP contribution in [0.1, 0.15) is 12.5 Å². The Hall–Kier alpha value is -1.82. The molecule has 0 spiro atoms. The second-order valence-corrected chi connectivity index (χ2v) is 3.91. The van der Waals surface area contributed by atoms with Crippen molar-refractivity contribution in [3.05, 3.63) is 40.9 Å².